The molecule has 0 heterocycles. The van der Waals surface area contributed by atoms with Gasteiger partial charge in [-0.05, 0) is 36.0 Å². The molecule has 2 aliphatic rings. The Kier molecular flexibility index (Phi) is 2.46. The Morgan fingerprint density at radius 2 is 2.23 bits per heavy atom. The molecule has 1 nitrogen and oxygen atoms in total. The smallest absolute Gasteiger partial charge is 0.0471 e. The molecule has 2 rings (SSSR count). The summed E-state index contributed by atoms with van der Waals surface area (Å²) in [4.78, 5) is 0. The van der Waals surface area contributed by atoms with Crippen LogP contribution in [0.15, 0.2) is 47.1 Å². The van der Waals surface area contributed by atoms with Gasteiger partial charge >= 0.3 is 0 Å². The van der Waals surface area contributed by atoms with E-state index in [0.717, 1.165) is 19.3 Å². The molecule has 0 aromatic heterocycles. The number of rotatable bonds is 3. The molecule has 2 aliphatic carbocycles. The van der Waals surface area contributed by atoms with E-state index < -0.39 is 0 Å². The molecule has 0 amide bonds. The summed E-state index contributed by atoms with van der Waals surface area (Å²) in [7, 11) is 0. The van der Waals surface area contributed by atoms with E-state index in [9.17, 15) is 0 Å². The standard InChI is InChI=1S/C12H14O/c13-9-8-11-6-3-7-12(11)10-4-1-2-5-10/h1-2,4,6-7,13H,3,5,8-9H2. The molecule has 0 fully saturated rings. The first-order valence-electron chi connectivity index (χ1n) is 4.78. The van der Waals surface area contributed by atoms with Crippen molar-refractivity contribution in [3.63, 3.8) is 0 Å². The van der Waals surface area contributed by atoms with Crippen molar-refractivity contribution >= 4 is 0 Å². The van der Waals surface area contributed by atoms with Crippen molar-refractivity contribution < 1.29 is 5.11 Å². The van der Waals surface area contributed by atoms with Gasteiger partial charge in [0.1, 0.15) is 0 Å². The molecule has 0 spiro atoms. The van der Waals surface area contributed by atoms with Crippen molar-refractivity contribution in [1.82, 2.24) is 0 Å². The molecule has 1 N–H and O–H groups in total. The Morgan fingerprint density at radius 1 is 1.31 bits per heavy atom. The minimum atomic E-state index is 0.254. The van der Waals surface area contributed by atoms with Crippen molar-refractivity contribution in [2.45, 2.75) is 19.3 Å². The zero-order valence-corrected chi connectivity index (χ0v) is 7.66. The van der Waals surface area contributed by atoms with Gasteiger partial charge in [-0.1, -0.05) is 30.4 Å². The summed E-state index contributed by atoms with van der Waals surface area (Å²) >= 11 is 0. The van der Waals surface area contributed by atoms with Crippen LogP contribution in [0.4, 0.5) is 0 Å². The number of allylic oxidation sites excluding steroid dienone is 7. The van der Waals surface area contributed by atoms with Crippen LogP contribution in [-0.2, 0) is 0 Å². The maximum absolute atomic E-state index is 8.88. The number of hydrogen-bond donors (Lipinski definition) is 1. The lowest BCUT2D eigenvalue weighted by Crippen LogP contribution is -1.93. The summed E-state index contributed by atoms with van der Waals surface area (Å²) in [5.74, 6) is 0. The molecule has 0 saturated heterocycles. The Balaban J connectivity index is 2.12. The molecule has 0 unspecified atom stereocenters. The largest absolute Gasteiger partial charge is 0.396 e. The highest BCUT2D eigenvalue weighted by atomic mass is 16.2. The lowest BCUT2D eigenvalue weighted by Gasteiger charge is -2.08. The molecule has 1 heteroatoms. The van der Waals surface area contributed by atoms with Gasteiger partial charge in [0.2, 0.25) is 0 Å². The van der Waals surface area contributed by atoms with Gasteiger partial charge in [-0.25, -0.2) is 0 Å². The molecule has 0 saturated carbocycles. The number of aliphatic hydroxyl groups is 1. The van der Waals surface area contributed by atoms with E-state index in [0.29, 0.717) is 0 Å². The quantitative estimate of drug-likeness (QED) is 0.697. The maximum Gasteiger partial charge on any atom is 0.0471 e. The lowest BCUT2D eigenvalue weighted by atomic mass is 9.98. The third kappa shape index (κ3) is 1.65. The molecule has 0 aromatic rings. The highest BCUT2D eigenvalue weighted by Crippen LogP contribution is 2.31. The van der Waals surface area contributed by atoms with E-state index in [4.69, 9.17) is 5.11 Å². The topological polar surface area (TPSA) is 20.2 Å². The summed E-state index contributed by atoms with van der Waals surface area (Å²) in [5.41, 5.74) is 4.08. The molecule has 68 valence electrons. The summed E-state index contributed by atoms with van der Waals surface area (Å²) in [6, 6.07) is 0. The highest BCUT2D eigenvalue weighted by molar-refractivity contribution is 5.53. The van der Waals surface area contributed by atoms with E-state index >= 15 is 0 Å². The van der Waals surface area contributed by atoms with Crippen LogP contribution in [-0.4, -0.2) is 11.7 Å². The summed E-state index contributed by atoms with van der Waals surface area (Å²) in [5, 5.41) is 8.88. The van der Waals surface area contributed by atoms with Gasteiger partial charge in [-0.2, -0.15) is 0 Å². The van der Waals surface area contributed by atoms with Crippen molar-refractivity contribution in [2.24, 2.45) is 0 Å². The van der Waals surface area contributed by atoms with E-state index in [1.165, 1.54) is 16.7 Å². The molecular formula is C12H14O. The molecule has 13 heavy (non-hydrogen) atoms. The lowest BCUT2D eigenvalue weighted by molar-refractivity contribution is 0.300. The second kappa shape index (κ2) is 3.75. The Morgan fingerprint density at radius 3 is 2.92 bits per heavy atom. The predicted molar refractivity (Wildman–Crippen MR) is 54.3 cm³/mol. The number of aliphatic hydroxyl groups excluding tert-OH is 1. The minimum Gasteiger partial charge on any atom is -0.396 e. The average Bonchev–Trinajstić information content (AvgIpc) is 2.71. The Hall–Kier alpha value is -1.08. The molecule has 0 aliphatic heterocycles. The summed E-state index contributed by atoms with van der Waals surface area (Å²) in [6.07, 6.45) is 13.8. The van der Waals surface area contributed by atoms with E-state index in [1.807, 2.05) is 0 Å². The van der Waals surface area contributed by atoms with Gasteiger partial charge < -0.3 is 5.11 Å². The van der Waals surface area contributed by atoms with Crippen molar-refractivity contribution in [2.75, 3.05) is 6.61 Å². The van der Waals surface area contributed by atoms with Gasteiger partial charge in [0.15, 0.2) is 0 Å². The first-order chi connectivity index (χ1) is 6.42. The summed E-state index contributed by atoms with van der Waals surface area (Å²) < 4.78 is 0. The molecule has 0 bridgehead atoms. The minimum absolute atomic E-state index is 0.254. The molecule has 0 atom stereocenters. The van der Waals surface area contributed by atoms with Crippen LogP contribution in [0.5, 0.6) is 0 Å². The van der Waals surface area contributed by atoms with Crippen LogP contribution in [0.1, 0.15) is 19.3 Å². The van der Waals surface area contributed by atoms with Crippen molar-refractivity contribution in [1.29, 1.82) is 0 Å². The van der Waals surface area contributed by atoms with Gasteiger partial charge in [-0.15, -0.1) is 0 Å². The van der Waals surface area contributed by atoms with Gasteiger partial charge in [0.05, 0.1) is 0 Å². The fourth-order valence-electron chi connectivity index (χ4n) is 1.90. The maximum atomic E-state index is 8.88. The fourth-order valence-corrected chi connectivity index (χ4v) is 1.90. The highest BCUT2D eigenvalue weighted by Gasteiger charge is 2.13. The van der Waals surface area contributed by atoms with Gasteiger partial charge in [0.25, 0.3) is 0 Å². The monoisotopic (exact) mass is 174 g/mol. The van der Waals surface area contributed by atoms with Crippen LogP contribution in [0.25, 0.3) is 0 Å². The summed E-state index contributed by atoms with van der Waals surface area (Å²) in [6.45, 7) is 0.254. The van der Waals surface area contributed by atoms with Crippen LogP contribution in [0.3, 0.4) is 0 Å². The van der Waals surface area contributed by atoms with Crippen LogP contribution < -0.4 is 0 Å². The molecule has 0 aromatic carbocycles. The first kappa shape index (κ1) is 8.52. The Bertz CT molecular complexity index is 316. The normalized spacial score (nSPS) is 20.2. The first-order valence-corrected chi connectivity index (χ1v) is 4.78. The third-order valence-corrected chi connectivity index (χ3v) is 2.53. The van der Waals surface area contributed by atoms with E-state index in [1.54, 1.807) is 0 Å². The average molecular weight is 174 g/mol. The molecular weight excluding hydrogens is 160 g/mol. The van der Waals surface area contributed by atoms with E-state index in [2.05, 4.69) is 30.4 Å². The Labute approximate surface area is 78.8 Å². The SMILES string of the molecule is OCCC1=CCC=C1C1=CC=CC1. The van der Waals surface area contributed by atoms with E-state index in [-0.39, 0.29) is 6.61 Å². The van der Waals surface area contributed by atoms with Crippen LogP contribution in [0, 0.1) is 0 Å². The second-order valence-corrected chi connectivity index (χ2v) is 3.38. The van der Waals surface area contributed by atoms with Crippen molar-refractivity contribution in [3.8, 4) is 0 Å². The number of hydrogen-bond acceptors (Lipinski definition) is 1. The van der Waals surface area contributed by atoms with Crippen LogP contribution in [0.2, 0.25) is 0 Å². The molecule has 0 radical (unpaired) electrons. The second-order valence-electron chi connectivity index (χ2n) is 3.38. The zero-order chi connectivity index (χ0) is 9.10. The predicted octanol–water partition coefficient (Wildman–Crippen LogP) is 2.51. The van der Waals surface area contributed by atoms with Gasteiger partial charge in [-0.3, -0.25) is 0 Å². The van der Waals surface area contributed by atoms with Crippen LogP contribution >= 0.6 is 0 Å². The fraction of sp³-hybridized carbons (Fsp3) is 0.333. The zero-order valence-electron chi connectivity index (χ0n) is 7.66. The third-order valence-electron chi connectivity index (χ3n) is 2.53. The van der Waals surface area contributed by atoms with Crippen molar-refractivity contribution in [3.05, 3.63) is 47.1 Å². The van der Waals surface area contributed by atoms with Gasteiger partial charge in [0, 0.05) is 6.61 Å².